The van der Waals surface area contributed by atoms with Gasteiger partial charge in [-0.25, -0.2) is 4.79 Å². The van der Waals surface area contributed by atoms with Crippen LogP contribution in [-0.4, -0.2) is 26.2 Å². The van der Waals surface area contributed by atoms with Crippen LogP contribution >= 0.6 is 0 Å². The highest BCUT2D eigenvalue weighted by molar-refractivity contribution is 5.89. The van der Waals surface area contributed by atoms with Gasteiger partial charge in [-0.1, -0.05) is 19.8 Å². The molecule has 0 saturated heterocycles. The Labute approximate surface area is 121 Å². The van der Waals surface area contributed by atoms with Crippen LogP contribution in [-0.2, 0) is 0 Å². The first kappa shape index (κ1) is 14.7. The van der Waals surface area contributed by atoms with Crippen LogP contribution < -0.4 is 15.5 Å². The van der Waals surface area contributed by atoms with Gasteiger partial charge in [0, 0.05) is 31.5 Å². The third kappa shape index (κ3) is 3.89. The maximum Gasteiger partial charge on any atom is 0.319 e. The van der Waals surface area contributed by atoms with Crippen LogP contribution in [0.1, 0.15) is 32.6 Å². The summed E-state index contributed by atoms with van der Waals surface area (Å²) >= 11 is 0. The van der Waals surface area contributed by atoms with Gasteiger partial charge in [0.1, 0.15) is 0 Å². The zero-order valence-corrected chi connectivity index (χ0v) is 12.6. The number of nitrogens with zero attached hydrogens (tertiary/aromatic N) is 1. The molecule has 0 aromatic heterocycles. The molecule has 0 heterocycles. The van der Waals surface area contributed by atoms with E-state index in [1.165, 1.54) is 19.3 Å². The Bertz CT molecular complexity index is 442. The van der Waals surface area contributed by atoms with Gasteiger partial charge in [-0.05, 0) is 43.0 Å². The number of rotatable bonds is 3. The van der Waals surface area contributed by atoms with E-state index < -0.39 is 0 Å². The number of carbonyl (C=O) groups excluding carboxylic acids is 1. The molecular formula is C16H25N3O. The molecule has 0 radical (unpaired) electrons. The number of hydrogen-bond acceptors (Lipinski definition) is 2. The van der Waals surface area contributed by atoms with E-state index in [1.807, 2.05) is 43.3 Å². The summed E-state index contributed by atoms with van der Waals surface area (Å²) in [7, 11) is 4.00. The minimum Gasteiger partial charge on any atom is -0.378 e. The Balaban J connectivity index is 1.87. The second kappa shape index (κ2) is 6.64. The Morgan fingerprint density at radius 3 is 2.40 bits per heavy atom. The second-order valence-corrected chi connectivity index (χ2v) is 5.91. The van der Waals surface area contributed by atoms with Crippen molar-refractivity contribution >= 4 is 17.4 Å². The molecule has 0 spiro atoms. The van der Waals surface area contributed by atoms with Crippen molar-refractivity contribution in [3.8, 4) is 0 Å². The minimum atomic E-state index is -0.0960. The molecule has 0 aliphatic heterocycles. The first-order chi connectivity index (χ1) is 9.56. The molecule has 4 heteroatoms. The number of benzene rings is 1. The Hall–Kier alpha value is -1.71. The highest BCUT2D eigenvalue weighted by Crippen LogP contribution is 2.23. The second-order valence-electron chi connectivity index (χ2n) is 5.91. The highest BCUT2D eigenvalue weighted by atomic mass is 16.2. The van der Waals surface area contributed by atoms with Crippen molar-refractivity contribution < 1.29 is 4.79 Å². The van der Waals surface area contributed by atoms with E-state index in [4.69, 9.17) is 0 Å². The molecule has 4 nitrogen and oxygen atoms in total. The molecule has 1 saturated carbocycles. The third-order valence-electron chi connectivity index (χ3n) is 4.07. The fourth-order valence-corrected chi connectivity index (χ4v) is 2.71. The number of carbonyl (C=O) groups is 1. The van der Waals surface area contributed by atoms with E-state index in [9.17, 15) is 4.79 Å². The van der Waals surface area contributed by atoms with Crippen molar-refractivity contribution in [1.82, 2.24) is 5.32 Å². The molecule has 1 aromatic rings. The van der Waals surface area contributed by atoms with E-state index in [1.54, 1.807) is 0 Å². The van der Waals surface area contributed by atoms with E-state index in [2.05, 4.69) is 17.6 Å². The van der Waals surface area contributed by atoms with Gasteiger partial charge in [0.25, 0.3) is 0 Å². The molecule has 1 aromatic carbocycles. The maximum absolute atomic E-state index is 12.0. The largest absolute Gasteiger partial charge is 0.378 e. The van der Waals surface area contributed by atoms with Crippen molar-refractivity contribution in [3.05, 3.63) is 24.3 Å². The van der Waals surface area contributed by atoms with Crippen molar-refractivity contribution in [3.63, 3.8) is 0 Å². The summed E-state index contributed by atoms with van der Waals surface area (Å²) in [4.78, 5) is 14.0. The normalized spacial score (nSPS) is 22.1. The average molecular weight is 275 g/mol. The number of hydrogen-bond donors (Lipinski definition) is 2. The number of amides is 2. The molecule has 2 rings (SSSR count). The molecule has 2 amide bonds. The van der Waals surface area contributed by atoms with Crippen LogP contribution in [0.15, 0.2) is 24.3 Å². The van der Waals surface area contributed by atoms with Crippen LogP contribution in [0.2, 0.25) is 0 Å². The van der Waals surface area contributed by atoms with E-state index in [0.717, 1.165) is 17.8 Å². The summed E-state index contributed by atoms with van der Waals surface area (Å²) in [5.74, 6) is 0.575. The molecule has 1 aliphatic rings. The van der Waals surface area contributed by atoms with Gasteiger partial charge in [-0.15, -0.1) is 0 Å². The smallest absolute Gasteiger partial charge is 0.319 e. The average Bonchev–Trinajstić information content (AvgIpc) is 2.42. The lowest BCUT2D eigenvalue weighted by molar-refractivity contribution is 0.232. The molecule has 1 aliphatic carbocycles. The molecule has 2 N–H and O–H groups in total. The fraction of sp³-hybridized carbons (Fsp3) is 0.562. The van der Waals surface area contributed by atoms with Crippen LogP contribution in [0.25, 0.3) is 0 Å². The lowest BCUT2D eigenvalue weighted by Gasteiger charge is -2.29. The number of nitrogens with one attached hydrogen (secondary N) is 2. The predicted molar refractivity (Wildman–Crippen MR) is 84.3 cm³/mol. The van der Waals surface area contributed by atoms with Gasteiger partial charge in [0.2, 0.25) is 0 Å². The Morgan fingerprint density at radius 2 is 1.80 bits per heavy atom. The molecular weight excluding hydrogens is 250 g/mol. The summed E-state index contributed by atoms with van der Waals surface area (Å²) in [5.41, 5.74) is 1.95. The predicted octanol–water partition coefficient (Wildman–Crippen LogP) is 3.45. The maximum atomic E-state index is 12.0. The Kier molecular flexibility index (Phi) is 4.88. The molecule has 20 heavy (non-hydrogen) atoms. The highest BCUT2D eigenvalue weighted by Gasteiger charge is 2.22. The van der Waals surface area contributed by atoms with Crippen LogP contribution in [0.5, 0.6) is 0 Å². The van der Waals surface area contributed by atoms with Crippen molar-refractivity contribution in [2.24, 2.45) is 5.92 Å². The molecule has 2 atom stereocenters. The summed E-state index contributed by atoms with van der Waals surface area (Å²) in [6.07, 6.45) is 4.80. The van der Waals surface area contributed by atoms with Crippen LogP contribution in [0.4, 0.5) is 16.2 Å². The standard InChI is InChI=1S/C16H25N3O/c1-12-6-4-5-7-15(12)18-16(20)17-13-8-10-14(11-9-13)19(2)3/h8-12,15H,4-7H2,1-3H3,(H2,17,18,20). The van der Waals surface area contributed by atoms with Gasteiger partial charge in [-0.2, -0.15) is 0 Å². The fourth-order valence-electron chi connectivity index (χ4n) is 2.71. The van der Waals surface area contributed by atoms with Crippen LogP contribution in [0.3, 0.4) is 0 Å². The van der Waals surface area contributed by atoms with E-state index >= 15 is 0 Å². The van der Waals surface area contributed by atoms with Crippen LogP contribution in [0, 0.1) is 5.92 Å². The zero-order valence-electron chi connectivity index (χ0n) is 12.6. The molecule has 110 valence electrons. The quantitative estimate of drug-likeness (QED) is 0.887. The summed E-state index contributed by atoms with van der Waals surface area (Å²) in [5, 5.41) is 6.00. The Morgan fingerprint density at radius 1 is 1.15 bits per heavy atom. The van der Waals surface area contributed by atoms with E-state index in [-0.39, 0.29) is 6.03 Å². The van der Waals surface area contributed by atoms with Gasteiger partial charge in [0.05, 0.1) is 0 Å². The molecule has 2 unspecified atom stereocenters. The monoisotopic (exact) mass is 275 g/mol. The summed E-state index contributed by atoms with van der Waals surface area (Å²) < 4.78 is 0. The lowest BCUT2D eigenvalue weighted by Crippen LogP contribution is -2.43. The minimum absolute atomic E-state index is 0.0960. The van der Waals surface area contributed by atoms with Crippen molar-refractivity contribution in [2.45, 2.75) is 38.6 Å². The topological polar surface area (TPSA) is 44.4 Å². The van der Waals surface area contributed by atoms with Gasteiger partial charge in [-0.3, -0.25) is 0 Å². The van der Waals surface area contributed by atoms with Gasteiger partial charge < -0.3 is 15.5 Å². The zero-order chi connectivity index (χ0) is 14.5. The lowest BCUT2D eigenvalue weighted by atomic mass is 9.86. The molecule has 0 bridgehead atoms. The van der Waals surface area contributed by atoms with Gasteiger partial charge in [0.15, 0.2) is 0 Å². The first-order valence-corrected chi connectivity index (χ1v) is 7.41. The number of urea groups is 1. The van der Waals surface area contributed by atoms with Crippen molar-refractivity contribution in [2.75, 3.05) is 24.3 Å². The molecule has 1 fully saturated rings. The summed E-state index contributed by atoms with van der Waals surface area (Å²) in [6.45, 7) is 2.22. The van der Waals surface area contributed by atoms with E-state index in [0.29, 0.717) is 12.0 Å². The summed E-state index contributed by atoms with van der Waals surface area (Å²) in [6, 6.07) is 8.07. The third-order valence-corrected chi connectivity index (χ3v) is 4.07. The van der Waals surface area contributed by atoms with Crippen molar-refractivity contribution in [1.29, 1.82) is 0 Å². The first-order valence-electron chi connectivity index (χ1n) is 7.41. The SMILES string of the molecule is CC1CCCCC1NC(=O)Nc1ccc(N(C)C)cc1. The van der Waals surface area contributed by atoms with Gasteiger partial charge >= 0.3 is 6.03 Å². The number of anilines is 2.